The van der Waals surface area contributed by atoms with Crippen molar-refractivity contribution in [3.63, 3.8) is 0 Å². The van der Waals surface area contributed by atoms with Gasteiger partial charge in [-0.05, 0) is 0 Å². The lowest BCUT2D eigenvalue weighted by Crippen LogP contribution is -2.23. The van der Waals surface area contributed by atoms with Crippen LogP contribution in [0.1, 0.15) is 5.82 Å². The summed E-state index contributed by atoms with van der Waals surface area (Å²) < 4.78 is 25.4. The number of hydrogen-bond acceptors (Lipinski definition) is 6. The van der Waals surface area contributed by atoms with E-state index < -0.39 is 10.0 Å². The summed E-state index contributed by atoms with van der Waals surface area (Å²) in [4.78, 5) is 0.0611. The molecule has 0 bridgehead atoms. The molecule has 0 atom stereocenters. The van der Waals surface area contributed by atoms with Crippen molar-refractivity contribution in [2.75, 3.05) is 0 Å². The lowest BCUT2D eigenvalue weighted by molar-refractivity contribution is 0.579. The highest BCUT2D eigenvalue weighted by molar-refractivity contribution is 7.89. The number of H-pyrrole nitrogens is 2. The van der Waals surface area contributed by atoms with Crippen LogP contribution >= 0.6 is 0 Å². The van der Waals surface area contributed by atoms with Crippen LogP contribution < -0.4 is 4.72 Å². The average Bonchev–Trinajstić information content (AvgIpc) is 2.88. The zero-order chi connectivity index (χ0) is 10.7. The summed E-state index contributed by atoms with van der Waals surface area (Å²) in [5.41, 5.74) is 0. The highest BCUT2D eigenvalue weighted by Gasteiger charge is 2.15. The largest absolute Gasteiger partial charge is 0.284 e. The number of aromatic nitrogens is 6. The van der Waals surface area contributed by atoms with Gasteiger partial charge in [-0.15, -0.1) is 10.2 Å². The van der Waals surface area contributed by atoms with E-state index in [0.29, 0.717) is 0 Å². The van der Waals surface area contributed by atoms with E-state index in [-0.39, 0.29) is 17.3 Å². The molecule has 15 heavy (non-hydrogen) atoms. The van der Waals surface area contributed by atoms with Crippen LogP contribution in [0.15, 0.2) is 17.3 Å². The summed E-state index contributed by atoms with van der Waals surface area (Å²) in [6.45, 7) is -0.0238. The second-order valence-electron chi connectivity index (χ2n) is 2.59. The SMILES string of the molecule is O=S(=O)(NCc1nn[nH]n1)c1cn[nH]c1. The van der Waals surface area contributed by atoms with Gasteiger partial charge < -0.3 is 0 Å². The Hall–Kier alpha value is -1.81. The molecular weight excluding hydrogens is 222 g/mol. The van der Waals surface area contributed by atoms with Crippen molar-refractivity contribution in [1.29, 1.82) is 0 Å². The molecule has 0 radical (unpaired) electrons. The molecule has 0 aliphatic carbocycles. The number of rotatable bonds is 4. The predicted molar refractivity (Wildman–Crippen MR) is 46.8 cm³/mol. The Kier molecular flexibility index (Phi) is 2.43. The molecule has 0 spiro atoms. The number of nitrogens with one attached hydrogen (secondary N) is 3. The number of sulfonamides is 1. The standard InChI is InChI=1S/C5H7N7O2S/c13-15(14,4-1-6-7-2-4)8-3-5-9-11-12-10-5/h1-2,8H,3H2,(H,6,7)(H,9,10,11,12). The average molecular weight is 229 g/mol. The molecule has 2 heterocycles. The third-order valence-electron chi connectivity index (χ3n) is 1.59. The molecule has 0 aliphatic heterocycles. The summed E-state index contributed by atoms with van der Waals surface area (Å²) in [5, 5.41) is 18.7. The fourth-order valence-corrected chi connectivity index (χ4v) is 1.77. The first-order valence-electron chi connectivity index (χ1n) is 3.89. The summed E-state index contributed by atoms with van der Waals surface area (Å²) in [6.07, 6.45) is 2.48. The number of hydrogen-bond donors (Lipinski definition) is 3. The molecule has 0 unspecified atom stereocenters. The minimum absolute atomic E-state index is 0.0238. The molecule has 2 aromatic rings. The van der Waals surface area contributed by atoms with Gasteiger partial charge in [0.25, 0.3) is 0 Å². The third kappa shape index (κ3) is 2.16. The van der Waals surface area contributed by atoms with Gasteiger partial charge in [0.15, 0.2) is 5.82 Å². The third-order valence-corrected chi connectivity index (χ3v) is 2.96. The highest BCUT2D eigenvalue weighted by Crippen LogP contribution is 2.04. The molecule has 3 N–H and O–H groups in total. The zero-order valence-corrected chi connectivity index (χ0v) is 8.19. The van der Waals surface area contributed by atoms with Gasteiger partial charge in [0.05, 0.1) is 12.7 Å². The zero-order valence-electron chi connectivity index (χ0n) is 7.38. The lowest BCUT2D eigenvalue weighted by atomic mass is 10.7. The van der Waals surface area contributed by atoms with Crippen LogP contribution in [0, 0.1) is 0 Å². The van der Waals surface area contributed by atoms with Crippen LogP contribution in [0.5, 0.6) is 0 Å². The topological polar surface area (TPSA) is 129 Å². The Morgan fingerprint density at radius 1 is 1.47 bits per heavy atom. The molecule has 0 saturated carbocycles. The maximum Gasteiger partial charge on any atom is 0.244 e. The highest BCUT2D eigenvalue weighted by atomic mass is 32.2. The molecule has 0 aliphatic rings. The smallest absolute Gasteiger partial charge is 0.244 e. The first-order valence-corrected chi connectivity index (χ1v) is 5.37. The van der Waals surface area contributed by atoms with Crippen molar-refractivity contribution in [3.8, 4) is 0 Å². The molecule has 80 valence electrons. The molecule has 2 rings (SSSR count). The van der Waals surface area contributed by atoms with Crippen LogP contribution in [-0.2, 0) is 16.6 Å². The fourth-order valence-electron chi connectivity index (χ4n) is 0.886. The molecule has 0 saturated heterocycles. The van der Waals surface area contributed by atoms with Crippen LogP contribution in [0.2, 0.25) is 0 Å². The fraction of sp³-hybridized carbons (Fsp3) is 0.200. The van der Waals surface area contributed by atoms with Crippen molar-refractivity contribution < 1.29 is 8.42 Å². The molecule has 10 heteroatoms. The number of nitrogens with zero attached hydrogens (tertiary/aromatic N) is 4. The van der Waals surface area contributed by atoms with Gasteiger partial charge in [0.2, 0.25) is 10.0 Å². The quantitative estimate of drug-likeness (QED) is 0.579. The van der Waals surface area contributed by atoms with Crippen LogP contribution in [0.4, 0.5) is 0 Å². The Labute approximate surface area is 84.3 Å². The Balaban J connectivity index is 2.06. The van der Waals surface area contributed by atoms with Gasteiger partial charge in [-0.2, -0.15) is 10.3 Å². The van der Waals surface area contributed by atoms with Crippen LogP contribution in [0.25, 0.3) is 0 Å². The van der Waals surface area contributed by atoms with Gasteiger partial charge >= 0.3 is 0 Å². The van der Waals surface area contributed by atoms with Crippen molar-refractivity contribution in [2.45, 2.75) is 11.4 Å². The second-order valence-corrected chi connectivity index (χ2v) is 4.35. The van der Waals surface area contributed by atoms with E-state index >= 15 is 0 Å². The molecule has 0 amide bonds. The summed E-state index contributed by atoms with van der Waals surface area (Å²) in [5.74, 6) is 0.266. The van der Waals surface area contributed by atoms with E-state index in [4.69, 9.17) is 0 Å². The minimum atomic E-state index is -3.56. The van der Waals surface area contributed by atoms with Crippen molar-refractivity contribution in [3.05, 3.63) is 18.2 Å². The van der Waals surface area contributed by atoms with Gasteiger partial charge in [-0.3, -0.25) is 5.10 Å². The number of tetrazole rings is 1. The first-order chi connectivity index (χ1) is 7.18. The molecular formula is C5H7N7O2S. The summed E-state index contributed by atoms with van der Waals surface area (Å²) in [7, 11) is -3.56. The molecule has 2 aromatic heterocycles. The molecule has 9 nitrogen and oxygen atoms in total. The Morgan fingerprint density at radius 2 is 2.33 bits per heavy atom. The first kappa shape index (κ1) is 9.73. The van der Waals surface area contributed by atoms with Gasteiger partial charge in [-0.1, -0.05) is 5.21 Å². The van der Waals surface area contributed by atoms with Crippen molar-refractivity contribution in [2.24, 2.45) is 0 Å². The van der Waals surface area contributed by atoms with E-state index in [1.807, 2.05) is 0 Å². The Morgan fingerprint density at radius 3 is 2.93 bits per heavy atom. The maximum atomic E-state index is 11.5. The monoisotopic (exact) mass is 229 g/mol. The number of aromatic amines is 2. The van der Waals surface area contributed by atoms with Crippen LogP contribution in [-0.4, -0.2) is 39.2 Å². The Bertz CT molecular complexity index is 502. The summed E-state index contributed by atoms with van der Waals surface area (Å²) in [6, 6.07) is 0. The lowest BCUT2D eigenvalue weighted by Gasteiger charge is -2.00. The van der Waals surface area contributed by atoms with Gasteiger partial charge in [-0.25, -0.2) is 13.1 Å². The van der Waals surface area contributed by atoms with Crippen molar-refractivity contribution >= 4 is 10.0 Å². The second kappa shape index (κ2) is 3.74. The summed E-state index contributed by atoms with van der Waals surface area (Å²) >= 11 is 0. The molecule has 0 aromatic carbocycles. The van der Waals surface area contributed by atoms with E-state index in [1.54, 1.807) is 0 Å². The van der Waals surface area contributed by atoms with E-state index in [1.165, 1.54) is 12.4 Å². The van der Waals surface area contributed by atoms with Crippen molar-refractivity contribution in [1.82, 2.24) is 35.5 Å². The normalized spacial score (nSPS) is 11.7. The predicted octanol–water partition coefficient (Wildman–Crippen LogP) is -1.60. The van der Waals surface area contributed by atoms with Gasteiger partial charge in [0, 0.05) is 6.20 Å². The maximum absolute atomic E-state index is 11.5. The van der Waals surface area contributed by atoms with Crippen LogP contribution in [0.3, 0.4) is 0 Å². The van der Waals surface area contributed by atoms with E-state index in [9.17, 15) is 8.42 Å². The van der Waals surface area contributed by atoms with E-state index in [2.05, 4.69) is 35.5 Å². The van der Waals surface area contributed by atoms with Gasteiger partial charge in [0.1, 0.15) is 4.90 Å². The molecule has 0 fully saturated rings. The van der Waals surface area contributed by atoms with E-state index in [0.717, 1.165) is 0 Å². The minimum Gasteiger partial charge on any atom is -0.284 e.